The number of esters is 1. The highest BCUT2D eigenvalue weighted by molar-refractivity contribution is 6.04. The van der Waals surface area contributed by atoms with E-state index in [0.717, 1.165) is 0 Å². The van der Waals surface area contributed by atoms with Crippen molar-refractivity contribution in [1.29, 1.82) is 0 Å². The van der Waals surface area contributed by atoms with Crippen LogP contribution in [0.15, 0.2) is 18.2 Å². The number of pyridine rings is 1. The van der Waals surface area contributed by atoms with Gasteiger partial charge in [-0.25, -0.2) is 0 Å². The average Bonchev–Trinajstić information content (AvgIpc) is 3.03. The number of hydrogen-bond donors (Lipinski definition) is 0. The van der Waals surface area contributed by atoms with Gasteiger partial charge in [-0.2, -0.15) is 31.6 Å². The fourth-order valence-electron chi connectivity index (χ4n) is 2.70. The number of rotatable bonds is 6. The van der Waals surface area contributed by atoms with Gasteiger partial charge in [0.1, 0.15) is 11.3 Å². The highest BCUT2D eigenvalue weighted by atomic mass is 19.4. The van der Waals surface area contributed by atoms with Gasteiger partial charge in [-0.1, -0.05) is 6.92 Å². The summed E-state index contributed by atoms with van der Waals surface area (Å²) in [6, 6.07) is 2.92. The van der Waals surface area contributed by atoms with Crippen LogP contribution in [0.3, 0.4) is 0 Å². The molecule has 0 N–H and O–H groups in total. The number of Topliss-reactive ketones (excluding diaryl/α,β-unsaturated/α-hetero) is 1. The third-order valence-corrected chi connectivity index (χ3v) is 4.08. The lowest BCUT2D eigenvalue weighted by Gasteiger charge is -2.20. The fourth-order valence-corrected chi connectivity index (χ4v) is 2.70. The highest BCUT2D eigenvalue weighted by Gasteiger charge is 2.60. The van der Waals surface area contributed by atoms with Crippen LogP contribution in [0.1, 0.15) is 50.2 Å². The molecule has 0 aliphatic carbocycles. The molecule has 0 bridgehead atoms. The monoisotopic (exact) mass is 436 g/mol. The zero-order chi connectivity index (χ0) is 23.1. The van der Waals surface area contributed by atoms with Crippen LogP contribution in [0.4, 0.5) is 22.0 Å². The first kappa shape index (κ1) is 23.6. The van der Waals surface area contributed by atoms with E-state index in [1.165, 1.54) is 26.2 Å². The fraction of sp³-hybridized carbons (Fsp3) is 0.526. The molecule has 2 heterocycles. The van der Waals surface area contributed by atoms with Crippen molar-refractivity contribution in [3.8, 4) is 5.88 Å². The Morgan fingerprint density at radius 1 is 1.13 bits per heavy atom. The lowest BCUT2D eigenvalue weighted by atomic mass is 9.96. The quantitative estimate of drug-likeness (QED) is 0.378. The van der Waals surface area contributed by atoms with E-state index in [4.69, 9.17) is 9.47 Å². The normalized spacial score (nSPS) is 13.9. The van der Waals surface area contributed by atoms with E-state index in [2.05, 4.69) is 5.10 Å². The maximum atomic E-state index is 13.8. The molecule has 0 radical (unpaired) electrons. The molecule has 0 amide bonds. The summed E-state index contributed by atoms with van der Waals surface area (Å²) in [6.45, 7) is 6.38. The van der Waals surface area contributed by atoms with E-state index in [-0.39, 0.29) is 23.4 Å². The van der Waals surface area contributed by atoms with Gasteiger partial charge in [0, 0.05) is 17.5 Å². The van der Waals surface area contributed by atoms with Crippen molar-refractivity contribution in [2.24, 2.45) is 5.92 Å². The molecule has 0 saturated carbocycles. The number of nitrogens with zero attached hydrogens (tertiary/aromatic N) is 2. The molecule has 0 aromatic carbocycles. The zero-order valence-electron chi connectivity index (χ0n) is 16.9. The van der Waals surface area contributed by atoms with Crippen molar-refractivity contribution < 1.29 is 41.0 Å². The molecule has 2 aromatic heterocycles. The van der Waals surface area contributed by atoms with Gasteiger partial charge in [0.05, 0.1) is 19.0 Å². The van der Waals surface area contributed by atoms with Crippen LogP contribution < -0.4 is 4.74 Å². The molecule has 0 saturated heterocycles. The summed E-state index contributed by atoms with van der Waals surface area (Å²) in [6.07, 6.45) is -6.17. The lowest BCUT2D eigenvalue weighted by molar-refractivity contribution is -0.291. The number of carbonyl (C=O) groups excluding carboxylic acids is 2. The van der Waals surface area contributed by atoms with E-state index in [0.29, 0.717) is 10.6 Å². The molecule has 11 heteroatoms. The number of aromatic nitrogens is 2. The smallest absolute Gasteiger partial charge is 0.459 e. The van der Waals surface area contributed by atoms with Crippen LogP contribution >= 0.6 is 0 Å². The molecular weight excluding hydrogens is 415 g/mol. The number of carbonyl (C=O) groups is 2. The second-order valence-corrected chi connectivity index (χ2v) is 7.74. The average molecular weight is 436 g/mol. The first-order valence-corrected chi connectivity index (χ1v) is 8.86. The van der Waals surface area contributed by atoms with Crippen molar-refractivity contribution in [1.82, 2.24) is 9.61 Å². The number of methoxy groups -OCH3 is 1. The number of ketones is 1. The number of alkyl halides is 5. The van der Waals surface area contributed by atoms with Crippen molar-refractivity contribution in [2.75, 3.05) is 7.11 Å². The Morgan fingerprint density at radius 2 is 1.73 bits per heavy atom. The van der Waals surface area contributed by atoms with Gasteiger partial charge < -0.3 is 9.47 Å². The van der Waals surface area contributed by atoms with Gasteiger partial charge in [0.2, 0.25) is 5.88 Å². The summed E-state index contributed by atoms with van der Waals surface area (Å²) in [4.78, 5) is 24.8. The Hall–Kier alpha value is -2.72. The number of fused-ring (bicyclic) bond motifs is 1. The number of halogens is 5. The van der Waals surface area contributed by atoms with E-state index >= 15 is 0 Å². The Bertz CT molecular complexity index is 960. The Labute approximate surface area is 168 Å². The first-order valence-electron chi connectivity index (χ1n) is 8.86. The minimum atomic E-state index is -5.87. The van der Waals surface area contributed by atoms with Crippen molar-refractivity contribution >= 4 is 17.3 Å². The summed E-state index contributed by atoms with van der Waals surface area (Å²) in [5.74, 6) is -7.59. The SMILES string of the molecule is COc1ccc(C(=O)C(C)CC(=O)OC(C)(C)C)c2cc(C(F)(F)C(F)(F)F)nn12. The predicted octanol–water partition coefficient (Wildman–Crippen LogP) is 4.55. The topological polar surface area (TPSA) is 69.9 Å². The molecule has 2 rings (SSSR count). The van der Waals surface area contributed by atoms with E-state index < -0.39 is 41.1 Å². The summed E-state index contributed by atoms with van der Waals surface area (Å²) in [5, 5.41) is 3.31. The number of hydrogen-bond acceptors (Lipinski definition) is 5. The first-order chi connectivity index (χ1) is 13.6. The maximum absolute atomic E-state index is 13.8. The third kappa shape index (κ3) is 4.71. The van der Waals surface area contributed by atoms with Gasteiger partial charge >= 0.3 is 18.1 Å². The highest BCUT2D eigenvalue weighted by Crippen LogP contribution is 2.44. The van der Waals surface area contributed by atoms with Crippen molar-refractivity contribution in [3.63, 3.8) is 0 Å². The second-order valence-electron chi connectivity index (χ2n) is 7.74. The Kier molecular flexibility index (Phi) is 6.16. The third-order valence-electron chi connectivity index (χ3n) is 4.08. The van der Waals surface area contributed by atoms with E-state index in [1.54, 1.807) is 20.8 Å². The molecular formula is C19H21F5N2O4. The molecule has 6 nitrogen and oxygen atoms in total. The van der Waals surface area contributed by atoms with Crippen LogP contribution in [0.2, 0.25) is 0 Å². The molecule has 30 heavy (non-hydrogen) atoms. The molecule has 166 valence electrons. The van der Waals surface area contributed by atoms with Gasteiger partial charge in [0.25, 0.3) is 0 Å². The molecule has 0 aliphatic heterocycles. The largest absolute Gasteiger partial charge is 0.481 e. The lowest BCUT2D eigenvalue weighted by Crippen LogP contribution is -2.34. The second kappa shape index (κ2) is 7.84. The summed E-state index contributed by atoms with van der Waals surface area (Å²) < 4.78 is 76.6. The number of ether oxygens (including phenoxy) is 2. The van der Waals surface area contributed by atoms with Crippen LogP contribution in [-0.2, 0) is 15.5 Å². The van der Waals surface area contributed by atoms with Crippen LogP contribution in [0.5, 0.6) is 5.88 Å². The molecule has 0 spiro atoms. The molecule has 1 atom stereocenters. The van der Waals surface area contributed by atoms with E-state index in [9.17, 15) is 31.5 Å². The summed E-state index contributed by atoms with van der Waals surface area (Å²) >= 11 is 0. The Balaban J connectivity index is 2.47. The summed E-state index contributed by atoms with van der Waals surface area (Å²) in [7, 11) is 1.17. The molecule has 1 unspecified atom stereocenters. The zero-order valence-corrected chi connectivity index (χ0v) is 16.9. The van der Waals surface area contributed by atoms with Gasteiger partial charge in [-0.3, -0.25) is 9.59 Å². The molecule has 2 aromatic rings. The standard InChI is InChI=1S/C19H21F5N2O4/c1-10(8-15(27)30-17(2,3)4)16(28)11-6-7-14(29-5)26-12(11)9-13(25-26)18(20,21)19(22,23)24/h6-7,9-10H,8H2,1-5H3. The van der Waals surface area contributed by atoms with Crippen LogP contribution in [0.25, 0.3) is 5.52 Å². The minimum Gasteiger partial charge on any atom is -0.481 e. The van der Waals surface area contributed by atoms with Crippen LogP contribution in [0, 0.1) is 5.92 Å². The van der Waals surface area contributed by atoms with Gasteiger partial charge in [-0.15, -0.1) is 0 Å². The van der Waals surface area contributed by atoms with Crippen molar-refractivity contribution in [3.05, 3.63) is 29.5 Å². The van der Waals surface area contributed by atoms with Crippen LogP contribution in [-0.4, -0.2) is 40.3 Å². The van der Waals surface area contributed by atoms with Crippen molar-refractivity contribution in [2.45, 2.75) is 51.8 Å². The molecule has 0 aliphatic rings. The van der Waals surface area contributed by atoms with Gasteiger partial charge in [-0.05, 0) is 32.9 Å². The minimum absolute atomic E-state index is 0.148. The molecule has 0 fully saturated rings. The Morgan fingerprint density at radius 3 is 2.23 bits per heavy atom. The van der Waals surface area contributed by atoms with E-state index in [1.807, 2.05) is 0 Å². The predicted molar refractivity (Wildman–Crippen MR) is 95.6 cm³/mol. The van der Waals surface area contributed by atoms with Gasteiger partial charge in [0.15, 0.2) is 5.78 Å². The summed E-state index contributed by atoms with van der Waals surface area (Å²) in [5.41, 5.74) is -2.82. The maximum Gasteiger partial charge on any atom is 0.459 e.